The van der Waals surface area contributed by atoms with E-state index in [2.05, 4.69) is 5.32 Å². The lowest BCUT2D eigenvalue weighted by molar-refractivity contribution is -0.152. The summed E-state index contributed by atoms with van der Waals surface area (Å²) in [6.45, 7) is 0. The summed E-state index contributed by atoms with van der Waals surface area (Å²) in [6.07, 6.45) is 0.111. The lowest BCUT2D eigenvalue weighted by Crippen LogP contribution is -2.58. The molecule has 4 atom stereocenters. The minimum atomic E-state index is -1.55. The van der Waals surface area contributed by atoms with Crippen LogP contribution in [0.15, 0.2) is 78.9 Å². The van der Waals surface area contributed by atoms with E-state index in [-0.39, 0.29) is 17.7 Å². The molecule has 0 bridgehead atoms. The van der Waals surface area contributed by atoms with Gasteiger partial charge in [0.2, 0.25) is 11.8 Å². The monoisotopic (exact) mass is 528 g/mol. The van der Waals surface area contributed by atoms with Crippen molar-refractivity contribution in [3.05, 3.63) is 95.6 Å². The Morgan fingerprint density at radius 2 is 1.51 bits per heavy atom. The zero-order valence-corrected chi connectivity index (χ0v) is 21.7. The standard InChI is InChI=1S/C30H28N2O7/c1-37-20-15-13-19(14-16-20)25-23-24(30(31-25,29(36)39-3)17-18-9-5-4-6-10-18)27(34)32(26(23)33)22-12-8-7-11-21(22)28(35)38-2/h4-16,23-25,31H,17H2,1-3H3/t23-,24-,25+,30+/m0/s1. The van der Waals surface area contributed by atoms with Gasteiger partial charge in [0.25, 0.3) is 0 Å². The summed E-state index contributed by atoms with van der Waals surface area (Å²) in [6, 6.07) is 21.9. The minimum Gasteiger partial charge on any atom is -0.497 e. The van der Waals surface area contributed by atoms with Crippen molar-refractivity contribution < 1.29 is 33.4 Å². The van der Waals surface area contributed by atoms with E-state index in [0.29, 0.717) is 11.3 Å². The number of carbonyl (C=O) groups excluding carboxylic acids is 4. The molecule has 1 N–H and O–H groups in total. The predicted octanol–water partition coefficient (Wildman–Crippen LogP) is 3.09. The van der Waals surface area contributed by atoms with Crippen molar-refractivity contribution in [1.82, 2.24) is 5.32 Å². The highest BCUT2D eigenvalue weighted by molar-refractivity contribution is 6.25. The summed E-state index contributed by atoms with van der Waals surface area (Å²) in [5.74, 6) is -3.87. The number of imide groups is 1. The number of carbonyl (C=O) groups is 4. The quantitative estimate of drug-likeness (QED) is 0.368. The number of para-hydroxylation sites is 1. The number of benzene rings is 3. The van der Waals surface area contributed by atoms with Crippen molar-refractivity contribution in [2.75, 3.05) is 26.2 Å². The smallest absolute Gasteiger partial charge is 0.339 e. The zero-order chi connectivity index (χ0) is 27.7. The molecule has 0 saturated carbocycles. The number of amides is 2. The molecule has 2 heterocycles. The number of methoxy groups -OCH3 is 3. The molecule has 0 aromatic heterocycles. The fraction of sp³-hybridized carbons (Fsp3) is 0.267. The Labute approximate surface area is 225 Å². The van der Waals surface area contributed by atoms with Crippen LogP contribution in [0.1, 0.15) is 27.5 Å². The van der Waals surface area contributed by atoms with Gasteiger partial charge in [-0.25, -0.2) is 9.69 Å². The lowest BCUT2D eigenvalue weighted by Gasteiger charge is -2.33. The number of esters is 2. The van der Waals surface area contributed by atoms with Gasteiger partial charge in [0.1, 0.15) is 11.3 Å². The van der Waals surface area contributed by atoms with E-state index in [1.807, 2.05) is 30.3 Å². The summed E-state index contributed by atoms with van der Waals surface area (Å²) in [5.41, 5.74) is 0.128. The van der Waals surface area contributed by atoms with E-state index in [0.717, 1.165) is 10.5 Å². The lowest BCUT2D eigenvalue weighted by atomic mass is 9.76. The first-order chi connectivity index (χ1) is 18.9. The molecule has 0 aliphatic carbocycles. The zero-order valence-electron chi connectivity index (χ0n) is 21.7. The Bertz CT molecular complexity index is 1420. The van der Waals surface area contributed by atoms with Crippen LogP contribution in [0.2, 0.25) is 0 Å². The maximum atomic E-state index is 14.2. The summed E-state index contributed by atoms with van der Waals surface area (Å²) < 4.78 is 15.5. The molecular formula is C30H28N2O7. The molecule has 0 spiro atoms. The van der Waals surface area contributed by atoms with Crippen molar-refractivity contribution >= 4 is 29.4 Å². The minimum absolute atomic E-state index is 0.0716. The van der Waals surface area contributed by atoms with E-state index < -0.39 is 47.2 Å². The van der Waals surface area contributed by atoms with Crippen LogP contribution in [0.3, 0.4) is 0 Å². The van der Waals surface area contributed by atoms with E-state index in [9.17, 15) is 19.2 Å². The molecule has 2 fully saturated rings. The Morgan fingerprint density at radius 3 is 2.15 bits per heavy atom. The van der Waals surface area contributed by atoms with Gasteiger partial charge in [-0.1, -0.05) is 54.6 Å². The molecule has 2 saturated heterocycles. The summed E-state index contributed by atoms with van der Waals surface area (Å²) in [4.78, 5) is 55.6. The number of hydrogen-bond donors (Lipinski definition) is 1. The van der Waals surface area contributed by atoms with Gasteiger partial charge in [0.05, 0.1) is 44.4 Å². The highest BCUT2D eigenvalue weighted by atomic mass is 16.5. The van der Waals surface area contributed by atoms with Crippen LogP contribution in [0, 0.1) is 11.8 Å². The molecule has 5 rings (SSSR count). The van der Waals surface area contributed by atoms with E-state index in [4.69, 9.17) is 14.2 Å². The molecule has 3 aromatic carbocycles. The van der Waals surface area contributed by atoms with Gasteiger partial charge in [-0.3, -0.25) is 19.7 Å². The first-order valence-electron chi connectivity index (χ1n) is 12.5. The van der Waals surface area contributed by atoms with Crippen LogP contribution in [-0.4, -0.2) is 50.6 Å². The molecule has 0 unspecified atom stereocenters. The van der Waals surface area contributed by atoms with Crippen molar-refractivity contribution in [2.24, 2.45) is 11.8 Å². The Kier molecular flexibility index (Phi) is 6.93. The van der Waals surface area contributed by atoms with Gasteiger partial charge in [-0.2, -0.15) is 0 Å². The fourth-order valence-corrected chi connectivity index (χ4v) is 5.81. The van der Waals surface area contributed by atoms with Crippen molar-refractivity contribution in [3.8, 4) is 5.75 Å². The SMILES string of the molecule is COC(=O)c1ccccc1N1C(=O)[C@@H]2[C@@H](c3ccc(OC)cc3)N[C@@](Cc3ccccc3)(C(=O)OC)[C@@H]2C1=O. The number of rotatable bonds is 7. The van der Waals surface area contributed by atoms with Crippen LogP contribution in [-0.2, 0) is 30.3 Å². The Morgan fingerprint density at radius 1 is 0.846 bits per heavy atom. The molecule has 0 radical (unpaired) electrons. The van der Waals surface area contributed by atoms with Gasteiger partial charge in [-0.05, 0) is 35.4 Å². The topological polar surface area (TPSA) is 111 Å². The molecule has 9 nitrogen and oxygen atoms in total. The van der Waals surface area contributed by atoms with E-state index in [1.54, 1.807) is 43.5 Å². The second-order valence-electron chi connectivity index (χ2n) is 9.54. The second-order valence-corrected chi connectivity index (χ2v) is 9.54. The van der Waals surface area contributed by atoms with Gasteiger partial charge < -0.3 is 14.2 Å². The van der Waals surface area contributed by atoms with Crippen LogP contribution in [0.5, 0.6) is 5.75 Å². The van der Waals surface area contributed by atoms with Crippen molar-refractivity contribution in [3.63, 3.8) is 0 Å². The first kappa shape index (κ1) is 26.1. The first-order valence-corrected chi connectivity index (χ1v) is 12.5. The number of hydrogen-bond acceptors (Lipinski definition) is 8. The van der Waals surface area contributed by atoms with Crippen LogP contribution in [0.25, 0.3) is 0 Å². The van der Waals surface area contributed by atoms with Gasteiger partial charge in [0.15, 0.2) is 0 Å². The molecule has 3 aromatic rings. The third kappa shape index (κ3) is 4.24. The number of nitrogens with zero attached hydrogens (tertiary/aromatic N) is 1. The van der Waals surface area contributed by atoms with Crippen LogP contribution in [0.4, 0.5) is 5.69 Å². The third-order valence-electron chi connectivity index (χ3n) is 7.55. The van der Waals surface area contributed by atoms with E-state index in [1.165, 1.54) is 26.4 Å². The average Bonchev–Trinajstić information content (AvgIpc) is 3.45. The molecule has 2 amide bonds. The molecule has 39 heavy (non-hydrogen) atoms. The highest BCUT2D eigenvalue weighted by Crippen LogP contribution is 2.51. The molecule has 200 valence electrons. The number of ether oxygens (including phenoxy) is 3. The number of fused-ring (bicyclic) bond motifs is 1. The van der Waals surface area contributed by atoms with Gasteiger partial charge >= 0.3 is 11.9 Å². The summed E-state index contributed by atoms with van der Waals surface area (Å²) in [5, 5.41) is 3.37. The highest BCUT2D eigenvalue weighted by Gasteiger charge is 2.69. The number of nitrogens with one attached hydrogen (secondary N) is 1. The third-order valence-corrected chi connectivity index (χ3v) is 7.55. The van der Waals surface area contributed by atoms with E-state index >= 15 is 0 Å². The summed E-state index contributed by atoms with van der Waals surface area (Å²) >= 11 is 0. The summed E-state index contributed by atoms with van der Waals surface area (Å²) in [7, 11) is 4.04. The Balaban J connectivity index is 1.68. The van der Waals surface area contributed by atoms with Crippen molar-refractivity contribution in [2.45, 2.75) is 18.0 Å². The molecular weight excluding hydrogens is 500 g/mol. The second kappa shape index (κ2) is 10.3. The van der Waals surface area contributed by atoms with Crippen LogP contribution >= 0.6 is 0 Å². The Hall–Kier alpha value is -4.50. The largest absolute Gasteiger partial charge is 0.497 e. The maximum Gasteiger partial charge on any atom is 0.339 e. The molecule has 2 aliphatic heterocycles. The normalized spacial score (nSPS) is 23.9. The molecule has 2 aliphatic rings. The van der Waals surface area contributed by atoms with Crippen molar-refractivity contribution in [1.29, 1.82) is 0 Å². The molecule has 9 heteroatoms. The fourth-order valence-electron chi connectivity index (χ4n) is 5.81. The van der Waals surface area contributed by atoms with Crippen LogP contribution < -0.4 is 15.0 Å². The van der Waals surface area contributed by atoms with Gasteiger partial charge in [-0.15, -0.1) is 0 Å². The maximum absolute atomic E-state index is 14.2. The number of anilines is 1. The van der Waals surface area contributed by atoms with Gasteiger partial charge in [0, 0.05) is 12.5 Å². The average molecular weight is 529 g/mol. The predicted molar refractivity (Wildman–Crippen MR) is 141 cm³/mol.